The van der Waals surface area contributed by atoms with Gasteiger partial charge >= 0.3 is 5.97 Å². The standard InChI is InChI=1S/C16H27NO3/c18-15(19)16(7-10-20-11-8-16)12-17-9-3-5-13-4-1-2-6-14(13)17/h13-14H,1-12H2,(H,18,19). The molecule has 1 N–H and O–H groups in total. The van der Waals surface area contributed by atoms with Crippen LogP contribution in [0.15, 0.2) is 0 Å². The summed E-state index contributed by atoms with van der Waals surface area (Å²) in [5.74, 6) is 0.210. The van der Waals surface area contributed by atoms with Gasteiger partial charge in [-0.2, -0.15) is 0 Å². The molecule has 2 unspecified atom stereocenters. The van der Waals surface area contributed by atoms with E-state index >= 15 is 0 Å². The summed E-state index contributed by atoms with van der Waals surface area (Å²) in [6, 6.07) is 0.650. The number of rotatable bonds is 3. The highest BCUT2D eigenvalue weighted by atomic mass is 16.5. The van der Waals surface area contributed by atoms with E-state index in [1.807, 2.05) is 0 Å². The third-order valence-electron chi connectivity index (χ3n) is 5.77. The van der Waals surface area contributed by atoms with Gasteiger partial charge in [-0.05, 0) is 51.0 Å². The number of ether oxygens (including phenoxy) is 1. The number of carbonyl (C=O) groups is 1. The van der Waals surface area contributed by atoms with E-state index in [0.29, 0.717) is 32.1 Å². The molecule has 1 saturated carbocycles. The minimum Gasteiger partial charge on any atom is -0.481 e. The van der Waals surface area contributed by atoms with E-state index in [4.69, 9.17) is 4.74 Å². The van der Waals surface area contributed by atoms with Gasteiger partial charge in [0, 0.05) is 25.8 Å². The zero-order valence-corrected chi connectivity index (χ0v) is 12.4. The van der Waals surface area contributed by atoms with Gasteiger partial charge in [0.1, 0.15) is 0 Å². The molecule has 2 heterocycles. The molecule has 0 radical (unpaired) electrons. The van der Waals surface area contributed by atoms with Crippen molar-refractivity contribution in [3.05, 3.63) is 0 Å². The number of hydrogen-bond donors (Lipinski definition) is 1. The lowest BCUT2D eigenvalue weighted by Crippen LogP contribution is -2.54. The highest BCUT2D eigenvalue weighted by Crippen LogP contribution is 2.39. The van der Waals surface area contributed by atoms with Gasteiger partial charge in [-0.15, -0.1) is 0 Å². The Kier molecular flexibility index (Phi) is 4.32. The van der Waals surface area contributed by atoms with Crippen LogP contribution in [0.25, 0.3) is 0 Å². The number of aliphatic carboxylic acids is 1. The highest BCUT2D eigenvalue weighted by Gasteiger charge is 2.44. The molecule has 0 aromatic rings. The maximum absolute atomic E-state index is 11.8. The summed E-state index contributed by atoms with van der Waals surface area (Å²) >= 11 is 0. The van der Waals surface area contributed by atoms with Gasteiger partial charge < -0.3 is 9.84 Å². The summed E-state index contributed by atoms with van der Waals surface area (Å²) in [5.41, 5.74) is -0.558. The van der Waals surface area contributed by atoms with E-state index < -0.39 is 11.4 Å². The first-order chi connectivity index (χ1) is 9.71. The van der Waals surface area contributed by atoms with E-state index in [1.54, 1.807) is 0 Å². The molecule has 0 aromatic carbocycles. The fourth-order valence-electron chi connectivity index (χ4n) is 4.51. The van der Waals surface area contributed by atoms with Crippen LogP contribution in [0.4, 0.5) is 0 Å². The Morgan fingerprint density at radius 2 is 1.85 bits per heavy atom. The third kappa shape index (κ3) is 2.73. The lowest BCUT2D eigenvalue weighted by Gasteiger charge is -2.47. The number of hydrogen-bond acceptors (Lipinski definition) is 3. The van der Waals surface area contributed by atoms with Gasteiger partial charge in [0.2, 0.25) is 0 Å². The summed E-state index contributed by atoms with van der Waals surface area (Å²) < 4.78 is 5.39. The van der Waals surface area contributed by atoms with Crippen molar-refractivity contribution in [1.29, 1.82) is 0 Å². The van der Waals surface area contributed by atoms with Crippen LogP contribution in [0.3, 0.4) is 0 Å². The zero-order chi connectivity index (χ0) is 14.0. The number of fused-ring (bicyclic) bond motifs is 1. The molecule has 3 aliphatic rings. The highest BCUT2D eigenvalue weighted by molar-refractivity contribution is 5.75. The Labute approximate surface area is 121 Å². The second-order valence-electron chi connectivity index (χ2n) is 6.92. The van der Waals surface area contributed by atoms with Crippen LogP contribution >= 0.6 is 0 Å². The molecule has 2 atom stereocenters. The predicted molar refractivity (Wildman–Crippen MR) is 76.7 cm³/mol. The SMILES string of the molecule is O=C(O)C1(CN2CCCC3CCCCC32)CCOCC1. The van der Waals surface area contributed by atoms with E-state index in [9.17, 15) is 9.90 Å². The summed E-state index contributed by atoms with van der Waals surface area (Å²) in [5, 5.41) is 9.73. The average molecular weight is 281 g/mol. The molecule has 2 aliphatic heterocycles. The molecular formula is C16H27NO3. The molecule has 20 heavy (non-hydrogen) atoms. The van der Waals surface area contributed by atoms with Crippen LogP contribution in [-0.4, -0.2) is 48.3 Å². The van der Waals surface area contributed by atoms with E-state index in [2.05, 4.69) is 4.90 Å². The monoisotopic (exact) mass is 281 g/mol. The van der Waals surface area contributed by atoms with Crippen molar-refractivity contribution >= 4 is 5.97 Å². The van der Waals surface area contributed by atoms with Crippen molar-refractivity contribution in [1.82, 2.24) is 4.90 Å². The smallest absolute Gasteiger partial charge is 0.311 e. The molecule has 3 fully saturated rings. The van der Waals surface area contributed by atoms with Crippen molar-refractivity contribution in [3.8, 4) is 0 Å². The number of carboxylic acids is 1. The molecular weight excluding hydrogens is 254 g/mol. The van der Waals surface area contributed by atoms with Gasteiger partial charge in [0.25, 0.3) is 0 Å². The van der Waals surface area contributed by atoms with Crippen LogP contribution in [0.5, 0.6) is 0 Å². The summed E-state index contributed by atoms with van der Waals surface area (Å²) in [6.45, 7) is 3.05. The number of carboxylic acid groups (broad SMARTS) is 1. The zero-order valence-electron chi connectivity index (χ0n) is 12.4. The van der Waals surface area contributed by atoms with E-state index in [0.717, 1.165) is 19.0 Å². The lowest BCUT2D eigenvalue weighted by molar-refractivity contribution is -0.158. The molecule has 114 valence electrons. The second kappa shape index (κ2) is 6.02. The number of piperidine rings is 1. The second-order valence-corrected chi connectivity index (χ2v) is 6.92. The van der Waals surface area contributed by atoms with Crippen molar-refractivity contribution in [2.75, 3.05) is 26.3 Å². The van der Waals surface area contributed by atoms with Gasteiger partial charge in [0.15, 0.2) is 0 Å². The average Bonchev–Trinajstić information content (AvgIpc) is 2.48. The van der Waals surface area contributed by atoms with Gasteiger partial charge in [-0.1, -0.05) is 12.8 Å². The molecule has 0 spiro atoms. The van der Waals surface area contributed by atoms with Crippen molar-refractivity contribution in [2.24, 2.45) is 11.3 Å². The van der Waals surface area contributed by atoms with Crippen LogP contribution < -0.4 is 0 Å². The fraction of sp³-hybridized carbons (Fsp3) is 0.938. The van der Waals surface area contributed by atoms with Gasteiger partial charge in [-0.3, -0.25) is 9.69 Å². The number of nitrogens with zero attached hydrogens (tertiary/aromatic N) is 1. The summed E-state index contributed by atoms with van der Waals surface area (Å²) in [6.07, 6.45) is 9.26. The summed E-state index contributed by atoms with van der Waals surface area (Å²) in [7, 11) is 0. The largest absolute Gasteiger partial charge is 0.481 e. The van der Waals surface area contributed by atoms with Crippen molar-refractivity contribution in [2.45, 2.75) is 57.4 Å². The first-order valence-electron chi connectivity index (χ1n) is 8.26. The maximum Gasteiger partial charge on any atom is 0.311 e. The minimum absolute atomic E-state index is 0.558. The molecule has 0 bridgehead atoms. The Balaban J connectivity index is 1.72. The Bertz CT molecular complexity index is 350. The van der Waals surface area contributed by atoms with Crippen molar-refractivity contribution < 1.29 is 14.6 Å². The third-order valence-corrected chi connectivity index (χ3v) is 5.77. The van der Waals surface area contributed by atoms with E-state index in [1.165, 1.54) is 38.5 Å². The first kappa shape index (κ1) is 14.3. The Hall–Kier alpha value is -0.610. The maximum atomic E-state index is 11.8. The molecule has 0 aromatic heterocycles. The van der Waals surface area contributed by atoms with Crippen LogP contribution in [0.1, 0.15) is 51.4 Å². The summed E-state index contributed by atoms with van der Waals surface area (Å²) in [4.78, 5) is 14.3. The molecule has 4 nitrogen and oxygen atoms in total. The quantitative estimate of drug-likeness (QED) is 0.863. The molecule has 4 heteroatoms. The first-order valence-corrected chi connectivity index (χ1v) is 8.26. The van der Waals surface area contributed by atoms with Crippen LogP contribution in [0, 0.1) is 11.3 Å². The van der Waals surface area contributed by atoms with Crippen LogP contribution in [-0.2, 0) is 9.53 Å². The van der Waals surface area contributed by atoms with E-state index in [-0.39, 0.29) is 0 Å². The minimum atomic E-state index is -0.612. The topological polar surface area (TPSA) is 49.8 Å². The molecule has 1 aliphatic carbocycles. The molecule has 3 rings (SSSR count). The van der Waals surface area contributed by atoms with Gasteiger partial charge in [0.05, 0.1) is 5.41 Å². The predicted octanol–water partition coefficient (Wildman–Crippen LogP) is 2.52. The van der Waals surface area contributed by atoms with Crippen molar-refractivity contribution in [3.63, 3.8) is 0 Å². The molecule has 0 amide bonds. The van der Waals surface area contributed by atoms with Gasteiger partial charge in [-0.25, -0.2) is 0 Å². The fourth-order valence-corrected chi connectivity index (χ4v) is 4.51. The van der Waals surface area contributed by atoms with Crippen LogP contribution in [0.2, 0.25) is 0 Å². The normalized spacial score (nSPS) is 34.4. The Morgan fingerprint density at radius 1 is 1.15 bits per heavy atom. The lowest BCUT2D eigenvalue weighted by atomic mass is 9.75. The number of likely N-dealkylation sites (tertiary alicyclic amines) is 1. The Morgan fingerprint density at radius 3 is 2.60 bits per heavy atom. The molecule has 2 saturated heterocycles.